The van der Waals surface area contributed by atoms with Crippen molar-refractivity contribution >= 4 is 0 Å². The van der Waals surface area contributed by atoms with Crippen molar-refractivity contribution in [1.29, 1.82) is 5.26 Å². The maximum atomic E-state index is 8.71. The Morgan fingerprint density at radius 2 is 2.20 bits per heavy atom. The minimum atomic E-state index is 0.287. The third-order valence-corrected chi connectivity index (χ3v) is 1.92. The van der Waals surface area contributed by atoms with Crippen LogP contribution in [-0.2, 0) is 0 Å². The molecule has 0 aromatic rings. The Morgan fingerprint density at radius 1 is 1.60 bits per heavy atom. The van der Waals surface area contributed by atoms with Gasteiger partial charge in [-0.1, -0.05) is 0 Å². The maximum Gasteiger partial charge on any atom is 0.0672 e. The van der Waals surface area contributed by atoms with E-state index in [1.807, 2.05) is 14.1 Å². The highest BCUT2D eigenvalue weighted by atomic mass is 15.1. The van der Waals surface area contributed by atoms with E-state index >= 15 is 0 Å². The van der Waals surface area contributed by atoms with Crippen LogP contribution in [0.25, 0.3) is 0 Å². The van der Waals surface area contributed by atoms with Crippen LogP contribution in [0.1, 0.15) is 12.8 Å². The van der Waals surface area contributed by atoms with Crippen molar-refractivity contribution in [2.45, 2.75) is 12.8 Å². The summed E-state index contributed by atoms with van der Waals surface area (Å²) in [7, 11) is 4.04. The van der Waals surface area contributed by atoms with Crippen molar-refractivity contribution in [3.8, 4) is 6.07 Å². The summed E-state index contributed by atoms with van der Waals surface area (Å²) in [5, 5.41) is 8.71. The SMILES string of the molecule is CN(C)CC(C#N)C1CC1. The lowest BCUT2D eigenvalue weighted by atomic mass is 10.1. The fourth-order valence-corrected chi connectivity index (χ4v) is 1.19. The van der Waals surface area contributed by atoms with Crippen LogP contribution >= 0.6 is 0 Å². The van der Waals surface area contributed by atoms with Crippen molar-refractivity contribution in [2.24, 2.45) is 11.8 Å². The second-order valence-corrected chi connectivity index (χ2v) is 3.34. The lowest BCUT2D eigenvalue weighted by Gasteiger charge is -2.13. The van der Waals surface area contributed by atoms with E-state index in [4.69, 9.17) is 5.26 Å². The Morgan fingerprint density at radius 3 is 2.50 bits per heavy atom. The van der Waals surface area contributed by atoms with Crippen LogP contribution in [0.15, 0.2) is 0 Å². The summed E-state index contributed by atoms with van der Waals surface area (Å²) >= 11 is 0. The quantitative estimate of drug-likeness (QED) is 0.584. The van der Waals surface area contributed by atoms with Crippen LogP contribution in [0.3, 0.4) is 0 Å². The van der Waals surface area contributed by atoms with Crippen LogP contribution in [0.4, 0.5) is 0 Å². The molecule has 1 fully saturated rings. The molecule has 56 valence electrons. The van der Waals surface area contributed by atoms with Gasteiger partial charge in [0, 0.05) is 6.54 Å². The first-order valence-corrected chi connectivity index (χ1v) is 3.78. The molecule has 1 aliphatic rings. The van der Waals surface area contributed by atoms with E-state index in [2.05, 4.69) is 11.0 Å². The summed E-state index contributed by atoms with van der Waals surface area (Å²) in [6.07, 6.45) is 2.54. The first-order valence-electron chi connectivity index (χ1n) is 3.78. The van der Waals surface area contributed by atoms with Crippen LogP contribution in [0.2, 0.25) is 0 Å². The lowest BCUT2D eigenvalue weighted by molar-refractivity contribution is 0.344. The summed E-state index contributed by atoms with van der Waals surface area (Å²) in [6, 6.07) is 2.35. The zero-order valence-electron chi connectivity index (χ0n) is 6.67. The van der Waals surface area contributed by atoms with Gasteiger partial charge in [-0.2, -0.15) is 5.26 Å². The molecule has 1 unspecified atom stereocenters. The summed E-state index contributed by atoms with van der Waals surface area (Å²) in [6.45, 7) is 0.932. The minimum absolute atomic E-state index is 0.287. The summed E-state index contributed by atoms with van der Waals surface area (Å²) in [4.78, 5) is 2.09. The Balaban J connectivity index is 2.28. The highest BCUT2D eigenvalue weighted by Crippen LogP contribution is 2.36. The molecule has 0 bridgehead atoms. The van der Waals surface area contributed by atoms with Gasteiger partial charge < -0.3 is 4.90 Å². The van der Waals surface area contributed by atoms with Crippen LogP contribution in [-0.4, -0.2) is 25.5 Å². The molecule has 1 rings (SSSR count). The van der Waals surface area contributed by atoms with Gasteiger partial charge in [0.2, 0.25) is 0 Å². The largest absolute Gasteiger partial charge is 0.308 e. The van der Waals surface area contributed by atoms with Gasteiger partial charge in [-0.3, -0.25) is 0 Å². The molecule has 0 N–H and O–H groups in total. The van der Waals surface area contributed by atoms with Gasteiger partial charge in [0.05, 0.1) is 12.0 Å². The highest BCUT2D eigenvalue weighted by molar-refractivity contribution is 4.95. The molecule has 1 aliphatic carbocycles. The Labute approximate surface area is 62.4 Å². The first kappa shape index (κ1) is 7.56. The van der Waals surface area contributed by atoms with E-state index in [0.29, 0.717) is 5.92 Å². The molecule has 0 amide bonds. The zero-order valence-corrected chi connectivity index (χ0v) is 6.67. The number of hydrogen-bond acceptors (Lipinski definition) is 2. The van der Waals surface area contributed by atoms with Gasteiger partial charge in [-0.05, 0) is 32.9 Å². The average molecular weight is 138 g/mol. The molecular formula is C8H14N2. The van der Waals surface area contributed by atoms with Gasteiger partial charge >= 0.3 is 0 Å². The van der Waals surface area contributed by atoms with E-state index < -0.39 is 0 Å². The van der Waals surface area contributed by atoms with E-state index in [9.17, 15) is 0 Å². The topological polar surface area (TPSA) is 27.0 Å². The van der Waals surface area contributed by atoms with E-state index in [-0.39, 0.29) is 5.92 Å². The monoisotopic (exact) mass is 138 g/mol. The van der Waals surface area contributed by atoms with Crippen LogP contribution in [0, 0.1) is 23.2 Å². The standard InChI is InChI=1S/C8H14N2/c1-10(2)6-8(5-9)7-3-4-7/h7-8H,3-4,6H2,1-2H3. The van der Waals surface area contributed by atoms with Gasteiger partial charge in [0.25, 0.3) is 0 Å². The summed E-state index contributed by atoms with van der Waals surface area (Å²) in [5.41, 5.74) is 0. The van der Waals surface area contributed by atoms with E-state index in [1.54, 1.807) is 0 Å². The fraction of sp³-hybridized carbons (Fsp3) is 0.875. The molecule has 0 aromatic heterocycles. The van der Waals surface area contributed by atoms with Crippen molar-refractivity contribution in [3.05, 3.63) is 0 Å². The summed E-state index contributed by atoms with van der Waals surface area (Å²) in [5.74, 6) is 1.00. The Bertz CT molecular complexity index is 142. The average Bonchev–Trinajstić information content (AvgIpc) is 2.63. The van der Waals surface area contributed by atoms with Crippen LogP contribution in [0.5, 0.6) is 0 Å². The predicted molar refractivity (Wildman–Crippen MR) is 40.4 cm³/mol. The molecule has 0 saturated heterocycles. The predicted octanol–water partition coefficient (Wildman–Crippen LogP) is 1.10. The Hall–Kier alpha value is -0.550. The maximum absolute atomic E-state index is 8.71. The van der Waals surface area contributed by atoms with Crippen molar-refractivity contribution in [3.63, 3.8) is 0 Å². The molecule has 0 aromatic carbocycles. The molecule has 1 atom stereocenters. The van der Waals surface area contributed by atoms with Crippen molar-refractivity contribution in [1.82, 2.24) is 4.90 Å². The molecule has 0 aliphatic heterocycles. The lowest BCUT2D eigenvalue weighted by Crippen LogP contribution is -2.21. The smallest absolute Gasteiger partial charge is 0.0672 e. The number of nitrogens with zero attached hydrogens (tertiary/aromatic N) is 2. The Kier molecular flexibility index (Phi) is 2.29. The molecular weight excluding hydrogens is 124 g/mol. The minimum Gasteiger partial charge on any atom is -0.308 e. The van der Waals surface area contributed by atoms with Crippen molar-refractivity contribution < 1.29 is 0 Å². The highest BCUT2D eigenvalue weighted by Gasteiger charge is 2.31. The normalized spacial score (nSPS) is 20.6. The van der Waals surface area contributed by atoms with E-state index in [0.717, 1.165) is 6.54 Å². The molecule has 0 heterocycles. The third kappa shape index (κ3) is 2.00. The zero-order chi connectivity index (χ0) is 7.56. The third-order valence-electron chi connectivity index (χ3n) is 1.92. The molecule has 2 heteroatoms. The van der Waals surface area contributed by atoms with E-state index in [1.165, 1.54) is 12.8 Å². The fourth-order valence-electron chi connectivity index (χ4n) is 1.19. The van der Waals surface area contributed by atoms with Gasteiger partial charge in [0.1, 0.15) is 0 Å². The second-order valence-electron chi connectivity index (χ2n) is 3.34. The molecule has 2 nitrogen and oxygen atoms in total. The molecule has 0 spiro atoms. The molecule has 1 saturated carbocycles. The first-order chi connectivity index (χ1) is 4.74. The van der Waals surface area contributed by atoms with Gasteiger partial charge in [-0.15, -0.1) is 0 Å². The van der Waals surface area contributed by atoms with Crippen LogP contribution < -0.4 is 0 Å². The van der Waals surface area contributed by atoms with Gasteiger partial charge in [0.15, 0.2) is 0 Å². The van der Waals surface area contributed by atoms with Gasteiger partial charge in [-0.25, -0.2) is 0 Å². The van der Waals surface area contributed by atoms with Crippen molar-refractivity contribution in [2.75, 3.05) is 20.6 Å². The number of rotatable bonds is 3. The number of hydrogen-bond donors (Lipinski definition) is 0. The summed E-state index contributed by atoms with van der Waals surface area (Å²) < 4.78 is 0. The second kappa shape index (κ2) is 3.03. The molecule has 0 radical (unpaired) electrons. The molecule has 10 heavy (non-hydrogen) atoms. The number of nitriles is 1.